The summed E-state index contributed by atoms with van der Waals surface area (Å²) >= 11 is 0. The molecule has 0 aliphatic carbocycles. The molecule has 0 aromatic rings. The van der Waals surface area contributed by atoms with Crippen molar-refractivity contribution in [2.75, 3.05) is 59.8 Å². The molecule has 0 fully saturated rings. The first-order valence-corrected chi connectivity index (χ1v) is 6.58. The molecule has 0 unspecified atom stereocenters. The molecule has 2 N–H and O–H groups in total. The molecule has 0 aromatic heterocycles. The van der Waals surface area contributed by atoms with Crippen LogP contribution in [0.4, 0.5) is 0 Å². The summed E-state index contributed by atoms with van der Waals surface area (Å²) in [5.41, 5.74) is 0.137. The fourth-order valence-electron chi connectivity index (χ4n) is 1.43. The first-order valence-electron chi connectivity index (χ1n) is 6.58. The third-order valence-electron chi connectivity index (χ3n) is 2.62. The quantitative estimate of drug-likeness (QED) is 0.478. The highest BCUT2D eigenvalue weighted by Crippen LogP contribution is 2.17. The summed E-state index contributed by atoms with van der Waals surface area (Å²) < 4.78 is 15.5. The van der Waals surface area contributed by atoms with E-state index in [1.165, 1.54) is 0 Å². The Balaban J connectivity index is 3.16. The van der Waals surface area contributed by atoms with E-state index in [0.29, 0.717) is 33.0 Å². The van der Waals surface area contributed by atoms with E-state index in [1.807, 2.05) is 0 Å². The standard InChI is InChI=1S/C13H29NO4/c1-13(2,4-6-15)12-14-5-7-17-10-11-18-9-8-16-3/h14-15H,4-12H2,1-3H3. The summed E-state index contributed by atoms with van der Waals surface area (Å²) in [5, 5.41) is 12.2. The van der Waals surface area contributed by atoms with E-state index in [2.05, 4.69) is 19.2 Å². The van der Waals surface area contributed by atoms with Crippen LogP contribution in [0.2, 0.25) is 0 Å². The molecule has 0 atom stereocenters. The topological polar surface area (TPSA) is 60.0 Å². The average molecular weight is 263 g/mol. The molecule has 0 aliphatic heterocycles. The molecular weight excluding hydrogens is 234 g/mol. The molecule has 0 bridgehead atoms. The predicted octanol–water partition coefficient (Wildman–Crippen LogP) is 0.664. The zero-order valence-electron chi connectivity index (χ0n) is 12.0. The lowest BCUT2D eigenvalue weighted by Gasteiger charge is -2.23. The van der Waals surface area contributed by atoms with Gasteiger partial charge in [0.1, 0.15) is 0 Å². The third kappa shape index (κ3) is 12.3. The van der Waals surface area contributed by atoms with Gasteiger partial charge in [-0.15, -0.1) is 0 Å². The number of nitrogens with one attached hydrogen (secondary N) is 1. The van der Waals surface area contributed by atoms with Crippen molar-refractivity contribution in [2.45, 2.75) is 20.3 Å². The maximum Gasteiger partial charge on any atom is 0.0701 e. The Labute approximate surface area is 111 Å². The summed E-state index contributed by atoms with van der Waals surface area (Å²) in [5.74, 6) is 0. The summed E-state index contributed by atoms with van der Waals surface area (Å²) in [6, 6.07) is 0. The normalized spacial score (nSPS) is 12.0. The van der Waals surface area contributed by atoms with E-state index in [4.69, 9.17) is 19.3 Å². The minimum atomic E-state index is 0.137. The Bertz CT molecular complexity index is 176. The Morgan fingerprint density at radius 2 is 1.61 bits per heavy atom. The van der Waals surface area contributed by atoms with Crippen LogP contribution in [0.3, 0.4) is 0 Å². The van der Waals surface area contributed by atoms with Gasteiger partial charge in [0, 0.05) is 26.8 Å². The Hall–Kier alpha value is -0.200. The summed E-state index contributed by atoms with van der Waals surface area (Å²) in [7, 11) is 1.66. The second-order valence-corrected chi connectivity index (χ2v) is 5.03. The van der Waals surface area contributed by atoms with E-state index >= 15 is 0 Å². The number of aliphatic hydroxyl groups is 1. The third-order valence-corrected chi connectivity index (χ3v) is 2.62. The van der Waals surface area contributed by atoms with Crippen molar-refractivity contribution in [1.29, 1.82) is 0 Å². The van der Waals surface area contributed by atoms with E-state index in [0.717, 1.165) is 19.5 Å². The van der Waals surface area contributed by atoms with Gasteiger partial charge in [-0.05, 0) is 11.8 Å². The second-order valence-electron chi connectivity index (χ2n) is 5.03. The van der Waals surface area contributed by atoms with Crippen LogP contribution in [0, 0.1) is 5.41 Å². The van der Waals surface area contributed by atoms with E-state index in [9.17, 15) is 0 Å². The monoisotopic (exact) mass is 263 g/mol. The van der Waals surface area contributed by atoms with Crippen molar-refractivity contribution in [3.05, 3.63) is 0 Å². The van der Waals surface area contributed by atoms with Gasteiger partial charge in [-0.1, -0.05) is 13.8 Å². The maximum atomic E-state index is 8.89. The van der Waals surface area contributed by atoms with Crippen molar-refractivity contribution in [3.63, 3.8) is 0 Å². The van der Waals surface area contributed by atoms with Crippen molar-refractivity contribution in [1.82, 2.24) is 5.32 Å². The number of ether oxygens (including phenoxy) is 3. The van der Waals surface area contributed by atoms with Crippen LogP contribution >= 0.6 is 0 Å². The molecule has 0 aromatic carbocycles. The Morgan fingerprint density at radius 1 is 1.00 bits per heavy atom. The molecule has 0 amide bonds. The van der Waals surface area contributed by atoms with Gasteiger partial charge in [-0.3, -0.25) is 0 Å². The van der Waals surface area contributed by atoms with E-state index in [-0.39, 0.29) is 12.0 Å². The smallest absolute Gasteiger partial charge is 0.0701 e. The molecule has 0 aliphatic rings. The van der Waals surface area contributed by atoms with E-state index < -0.39 is 0 Å². The van der Waals surface area contributed by atoms with E-state index in [1.54, 1.807) is 7.11 Å². The lowest BCUT2D eigenvalue weighted by atomic mass is 9.90. The molecule has 5 heteroatoms. The number of aliphatic hydroxyl groups excluding tert-OH is 1. The molecule has 0 saturated carbocycles. The predicted molar refractivity (Wildman–Crippen MR) is 71.9 cm³/mol. The molecule has 0 saturated heterocycles. The van der Waals surface area contributed by atoms with Crippen molar-refractivity contribution in [3.8, 4) is 0 Å². The molecule has 0 rings (SSSR count). The largest absolute Gasteiger partial charge is 0.396 e. The van der Waals surface area contributed by atoms with Gasteiger partial charge in [0.2, 0.25) is 0 Å². The SMILES string of the molecule is COCCOCCOCCNCC(C)(C)CCO. The Morgan fingerprint density at radius 3 is 2.22 bits per heavy atom. The Kier molecular flexibility index (Phi) is 11.7. The van der Waals surface area contributed by atoms with Crippen LogP contribution in [0.15, 0.2) is 0 Å². The first kappa shape index (κ1) is 17.8. The molecule has 0 radical (unpaired) electrons. The highest BCUT2D eigenvalue weighted by atomic mass is 16.5. The number of hydrogen-bond donors (Lipinski definition) is 2. The first-order chi connectivity index (χ1) is 8.62. The van der Waals surface area contributed by atoms with Crippen LogP contribution in [0.25, 0.3) is 0 Å². The summed E-state index contributed by atoms with van der Waals surface area (Å²) in [6.07, 6.45) is 0.814. The molecular formula is C13H29NO4. The number of rotatable bonds is 13. The van der Waals surface area contributed by atoms with Crippen molar-refractivity contribution >= 4 is 0 Å². The zero-order valence-corrected chi connectivity index (χ0v) is 12.0. The number of methoxy groups -OCH3 is 1. The second kappa shape index (κ2) is 11.9. The maximum absolute atomic E-state index is 8.89. The van der Waals surface area contributed by atoms with Gasteiger partial charge in [0.25, 0.3) is 0 Å². The van der Waals surface area contributed by atoms with Crippen molar-refractivity contribution in [2.24, 2.45) is 5.41 Å². The van der Waals surface area contributed by atoms with Gasteiger partial charge in [0.05, 0.1) is 33.0 Å². The lowest BCUT2D eigenvalue weighted by Crippen LogP contribution is -2.32. The van der Waals surface area contributed by atoms with Crippen LogP contribution in [0.1, 0.15) is 20.3 Å². The molecule has 110 valence electrons. The highest BCUT2D eigenvalue weighted by molar-refractivity contribution is 4.70. The minimum absolute atomic E-state index is 0.137. The van der Waals surface area contributed by atoms with Gasteiger partial charge in [0.15, 0.2) is 0 Å². The van der Waals surface area contributed by atoms with Crippen LogP contribution < -0.4 is 5.32 Å². The lowest BCUT2D eigenvalue weighted by molar-refractivity contribution is 0.0252. The summed E-state index contributed by atoms with van der Waals surface area (Å²) in [6.45, 7) is 9.39. The van der Waals surface area contributed by atoms with Crippen LogP contribution in [-0.4, -0.2) is 64.9 Å². The zero-order chi connectivity index (χ0) is 13.7. The van der Waals surface area contributed by atoms with Crippen molar-refractivity contribution < 1.29 is 19.3 Å². The van der Waals surface area contributed by atoms with Gasteiger partial charge in [-0.25, -0.2) is 0 Å². The van der Waals surface area contributed by atoms with Crippen LogP contribution in [0.5, 0.6) is 0 Å². The molecule has 0 spiro atoms. The summed E-state index contributed by atoms with van der Waals surface area (Å²) in [4.78, 5) is 0. The number of hydrogen-bond acceptors (Lipinski definition) is 5. The molecule has 5 nitrogen and oxygen atoms in total. The minimum Gasteiger partial charge on any atom is -0.396 e. The van der Waals surface area contributed by atoms with Gasteiger partial charge < -0.3 is 24.6 Å². The van der Waals surface area contributed by atoms with Crippen LogP contribution in [-0.2, 0) is 14.2 Å². The van der Waals surface area contributed by atoms with Gasteiger partial charge in [-0.2, -0.15) is 0 Å². The molecule has 0 heterocycles. The van der Waals surface area contributed by atoms with Gasteiger partial charge >= 0.3 is 0 Å². The highest BCUT2D eigenvalue weighted by Gasteiger charge is 2.15. The fourth-order valence-corrected chi connectivity index (χ4v) is 1.43. The molecule has 18 heavy (non-hydrogen) atoms. The fraction of sp³-hybridized carbons (Fsp3) is 1.00. The average Bonchev–Trinajstić information content (AvgIpc) is 2.31.